The van der Waals surface area contributed by atoms with Crippen molar-refractivity contribution in [2.24, 2.45) is 7.05 Å². The van der Waals surface area contributed by atoms with E-state index in [2.05, 4.69) is 18.9 Å². The topological polar surface area (TPSA) is 53.1 Å². The van der Waals surface area contributed by atoms with E-state index >= 15 is 0 Å². The fraction of sp³-hybridized carbons (Fsp3) is 0.727. The first-order chi connectivity index (χ1) is 7.11. The average molecular weight is 209 g/mol. The monoisotopic (exact) mass is 209 g/mol. The van der Waals surface area contributed by atoms with Crippen molar-refractivity contribution in [1.29, 1.82) is 0 Å². The maximum atomic E-state index is 6.02. The second-order valence-electron chi connectivity index (χ2n) is 4.46. The first kappa shape index (κ1) is 10.5. The number of aromatic nitrogens is 2. The number of rotatable bonds is 2. The van der Waals surface area contributed by atoms with Crippen molar-refractivity contribution in [1.82, 2.24) is 9.78 Å². The predicted octanol–water partition coefficient (Wildman–Crippen LogP) is 1.98. The zero-order valence-electron chi connectivity index (χ0n) is 9.66. The number of nitrogens with zero attached hydrogens (tertiary/aromatic N) is 2. The number of hydrogen-bond acceptors (Lipinski definition) is 3. The lowest BCUT2D eigenvalue weighted by Crippen LogP contribution is -2.03. The largest absolute Gasteiger partial charge is 0.384 e. The van der Waals surface area contributed by atoms with Gasteiger partial charge in [0.2, 0.25) is 0 Å². The minimum atomic E-state index is 0.158. The zero-order chi connectivity index (χ0) is 11.0. The predicted molar refractivity (Wildman–Crippen MR) is 59.6 cm³/mol. The summed E-state index contributed by atoms with van der Waals surface area (Å²) in [5.74, 6) is 1.17. The molecule has 1 saturated heterocycles. The SMILES string of the molecule is CC(C)c1c(C2CCCO2)nn(C)c1N. The number of ether oxygens (including phenoxy) is 1. The van der Waals surface area contributed by atoms with Crippen LogP contribution in [0.4, 0.5) is 5.82 Å². The molecule has 4 nitrogen and oxygen atoms in total. The molecule has 0 amide bonds. The van der Waals surface area contributed by atoms with E-state index in [4.69, 9.17) is 10.5 Å². The molecule has 4 heteroatoms. The Bertz CT molecular complexity index is 351. The van der Waals surface area contributed by atoms with Crippen molar-refractivity contribution in [2.45, 2.75) is 38.7 Å². The Kier molecular flexibility index (Phi) is 2.69. The molecule has 1 aliphatic heterocycles. The summed E-state index contributed by atoms with van der Waals surface area (Å²) in [5.41, 5.74) is 8.22. The van der Waals surface area contributed by atoms with Gasteiger partial charge >= 0.3 is 0 Å². The fourth-order valence-corrected chi connectivity index (χ4v) is 2.20. The van der Waals surface area contributed by atoms with Crippen LogP contribution >= 0.6 is 0 Å². The zero-order valence-corrected chi connectivity index (χ0v) is 9.66. The molecule has 0 bridgehead atoms. The summed E-state index contributed by atoms with van der Waals surface area (Å²) in [7, 11) is 1.89. The highest BCUT2D eigenvalue weighted by molar-refractivity contribution is 5.46. The standard InChI is InChI=1S/C11H19N3O/c1-7(2)9-10(8-5-4-6-15-8)13-14(3)11(9)12/h7-8H,4-6,12H2,1-3H3. The Hall–Kier alpha value is -1.03. The van der Waals surface area contributed by atoms with Crippen LogP contribution in [0.3, 0.4) is 0 Å². The van der Waals surface area contributed by atoms with Crippen molar-refractivity contribution in [2.75, 3.05) is 12.3 Å². The van der Waals surface area contributed by atoms with Gasteiger partial charge in [-0.1, -0.05) is 13.8 Å². The maximum Gasteiger partial charge on any atom is 0.125 e. The molecule has 2 heterocycles. The lowest BCUT2D eigenvalue weighted by molar-refractivity contribution is 0.107. The van der Waals surface area contributed by atoms with Crippen LogP contribution in [0, 0.1) is 0 Å². The van der Waals surface area contributed by atoms with Crippen LogP contribution in [0.5, 0.6) is 0 Å². The molecule has 84 valence electrons. The summed E-state index contributed by atoms with van der Waals surface area (Å²) in [6.07, 6.45) is 2.35. The van der Waals surface area contributed by atoms with Gasteiger partial charge in [0.05, 0.1) is 5.69 Å². The summed E-state index contributed by atoms with van der Waals surface area (Å²) >= 11 is 0. The van der Waals surface area contributed by atoms with E-state index in [1.54, 1.807) is 4.68 Å². The molecule has 1 aromatic rings. The van der Waals surface area contributed by atoms with Crippen LogP contribution in [0.2, 0.25) is 0 Å². The van der Waals surface area contributed by atoms with Crippen LogP contribution in [-0.4, -0.2) is 16.4 Å². The van der Waals surface area contributed by atoms with Crippen molar-refractivity contribution >= 4 is 5.82 Å². The second-order valence-corrected chi connectivity index (χ2v) is 4.46. The van der Waals surface area contributed by atoms with Gasteiger partial charge < -0.3 is 10.5 Å². The molecule has 0 saturated carbocycles. The molecule has 1 atom stereocenters. The number of nitrogen functional groups attached to an aromatic ring is 1. The van der Waals surface area contributed by atoms with Gasteiger partial charge in [0.25, 0.3) is 0 Å². The number of anilines is 1. The second kappa shape index (κ2) is 3.85. The van der Waals surface area contributed by atoms with Crippen LogP contribution in [0.25, 0.3) is 0 Å². The van der Waals surface area contributed by atoms with Crippen LogP contribution in [0.1, 0.15) is 50.0 Å². The Morgan fingerprint density at radius 1 is 1.53 bits per heavy atom. The minimum Gasteiger partial charge on any atom is -0.384 e. The number of hydrogen-bond donors (Lipinski definition) is 1. The van der Waals surface area contributed by atoms with Gasteiger partial charge in [-0.15, -0.1) is 0 Å². The highest BCUT2D eigenvalue weighted by atomic mass is 16.5. The van der Waals surface area contributed by atoms with Gasteiger partial charge in [-0.05, 0) is 18.8 Å². The average Bonchev–Trinajstić information content (AvgIpc) is 2.75. The van der Waals surface area contributed by atoms with E-state index in [0.29, 0.717) is 5.92 Å². The minimum absolute atomic E-state index is 0.158. The summed E-state index contributed by atoms with van der Waals surface area (Å²) < 4.78 is 7.42. The first-order valence-electron chi connectivity index (χ1n) is 5.55. The Balaban J connectivity index is 2.40. The third-order valence-electron chi connectivity index (χ3n) is 2.97. The van der Waals surface area contributed by atoms with Crippen LogP contribution in [0.15, 0.2) is 0 Å². The molecule has 1 fully saturated rings. The van der Waals surface area contributed by atoms with Crippen molar-refractivity contribution in [3.63, 3.8) is 0 Å². The molecule has 2 N–H and O–H groups in total. The highest BCUT2D eigenvalue weighted by Gasteiger charge is 2.27. The van der Waals surface area contributed by atoms with Gasteiger partial charge in [0, 0.05) is 19.2 Å². The van der Waals surface area contributed by atoms with E-state index in [9.17, 15) is 0 Å². The van der Waals surface area contributed by atoms with Crippen LogP contribution < -0.4 is 5.73 Å². The third kappa shape index (κ3) is 1.74. The summed E-state index contributed by atoms with van der Waals surface area (Å²) in [5, 5.41) is 4.48. The van der Waals surface area contributed by atoms with E-state index in [1.165, 1.54) is 0 Å². The van der Waals surface area contributed by atoms with Gasteiger partial charge in [-0.25, -0.2) is 0 Å². The van der Waals surface area contributed by atoms with Gasteiger partial charge in [0.15, 0.2) is 0 Å². The van der Waals surface area contributed by atoms with Crippen molar-refractivity contribution in [3.05, 3.63) is 11.3 Å². The van der Waals surface area contributed by atoms with Crippen LogP contribution in [-0.2, 0) is 11.8 Å². The smallest absolute Gasteiger partial charge is 0.125 e. The summed E-state index contributed by atoms with van der Waals surface area (Å²) in [4.78, 5) is 0. The fourth-order valence-electron chi connectivity index (χ4n) is 2.20. The molecular formula is C11H19N3O. The molecule has 15 heavy (non-hydrogen) atoms. The molecule has 0 aliphatic carbocycles. The molecule has 1 aromatic heterocycles. The lowest BCUT2D eigenvalue weighted by atomic mass is 9.99. The first-order valence-corrected chi connectivity index (χ1v) is 5.55. The summed E-state index contributed by atoms with van der Waals surface area (Å²) in [6.45, 7) is 5.14. The van der Waals surface area contributed by atoms with E-state index < -0.39 is 0 Å². The van der Waals surface area contributed by atoms with E-state index in [0.717, 1.165) is 36.5 Å². The molecule has 0 aromatic carbocycles. The molecule has 1 aliphatic rings. The molecular weight excluding hydrogens is 190 g/mol. The molecule has 0 radical (unpaired) electrons. The van der Waals surface area contributed by atoms with Gasteiger partial charge in [-0.3, -0.25) is 4.68 Å². The van der Waals surface area contributed by atoms with Gasteiger partial charge in [-0.2, -0.15) is 5.10 Å². The van der Waals surface area contributed by atoms with E-state index in [1.807, 2.05) is 7.05 Å². The van der Waals surface area contributed by atoms with Gasteiger partial charge in [0.1, 0.15) is 11.9 Å². The quantitative estimate of drug-likeness (QED) is 0.810. The third-order valence-corrected chi connectivity index (χ3v) is 2.97. The highest BCUT2D eigenvalue weighted by Crippen LogP contribution is 2.35. The lowest BCUT2D eigenvalue weighted by Gasteiger charge is -2.11. The maximum absolute atomic E-state index is 6.02. The number of aryl methyl sites for hydroxylation is 1. The number of nitrogens with two attached hydrogens (primary N) is 1. The van der Waals surface area contributed by atoms with E-state index in [-0.39, 0.29) is 6.10 Å². The Morgan fingerprint density at radius 2 is 2.27 bits per heavy atom. The molecule has 1 unspecified atom stereocenters. The molecule has 0 spiro atoms. The molecule has 2 rings (SSSR count). The Morgan fingerprint density at radius 3 is 2.80 bits per heavy atom. The summed E-state index contributed by atoms with van der Waals surface area (Å²) in [6, 6.07) is 0. The van der Waals surface area contributed by atoms with Crippen molar-refractivity contribution in [3.8, 4) is 0 Å². The Labute approximate surface area is 90.4 Å². The van der Waals surface area contributed by atoms with Crippen molar-refractivity contribution < 1.29 is 4.74 Å². The normalized spacial score (nSPS) is 21.5.